The molecule has 3 atom stereocenters. The van der Waals surface area contributed by atoms with E-state index in [1.165, 1.54) is 11.3 Å². The van der Waals surface area contributed by atoms with Crippen LogP contribution in [0.5, 0.6) is 0 Å². The van der Waals surface area contributed by atoms with Crippen molar-refractivity contribution in [2.24, 2.45) is 5.92 Å². The van der Waals surface area contributed by atoms with E-state index in [0.29, 0.717) is 24.0 Å². The van der Waals surface area contributed by atoms with Crippen LogP contribution < -0.4 is 10.2 Å². The summed E-state index contributed by atoms with van der Waals surface area (Å²) < 4.78 is 10.9. The molecule has 0 fully saturated rings. The van der Waals surface area contributed by atoms with Gasteiger partial charge in [0.05, 0.1) is 18.8 Å². The van der Waals surface area contributed by atoms with Gasteiger partial charge in [-0.25, -0.2) is 4.79 Å². The Kier molecular flexibility index (Phi) is 8.72. The molecular formula is C30H36N2O5S. The molecule has 38 heavy (non-hydrogen) atoms. The van der Waals surface area contributed by atoms with Crippen molar-refractivity contribution < 1.29 is 23.9 Å². The Hall–Kier alpha value is -3.39. The van der Waals surface area contributed by atoms with Gasteiger partial charge in [-0.15, -0.1) is 11.3 Å². The van der Waals surface area contributed by atoms with E-state index in [2.05, 4.69) is 12.2 Å². The van der Waals surface area contributed by atoms with Crippen molar-refractivity contribution in [2.45, 2.75) is 51.9 Å². The Balaban J connectivity index is 1.92. The van der Waals surface area contributed by atoms with Crippen LogP contribution in [-0.4, -0.2) is 45.0 Å². The number of ketones is 1. The molecule has 8 heteroatoms. The minimum Gasteiger partial charge on any atom is -0.465 e. The highest BCUT2D eigenvalue weighted by Gasteiger charge is 2.49. The summed E-state index contributed by atoms with van der Waals surface area (Å²) in [6.07, 6.45) is 1.92. The molecule has 1 aromatic carbocycles. The Labute approximate surface area is 228 Å². The van der Waals surface area contributed by atoms with Crippen LogP contribution in [0.2, 0.25) is 0 Å². The Bertz CT molecular complexity index is 1240. The molecule has 0 bridgehead atoms. The lowest BCUT2D eigenvalue weighted by Gasteiger charge is -2.39. The summed E-state index contributed by atoms with van der Waals surface area (Å²) in [5, 5.41) is 5.43. The molecule has 0 unspecified atom stereocenters. The predicted molar refractivity (Wildman–Crippen MR) is 149 cm³/mol. The highest BCUT2D eigenvalue weighted by Crippen LogP contribution is 2.49. The first-order chi connectivity index (χ1) is 18.3. The van der Waals surface area contributed by atoms with Crippen molar-refractivity contribution in [1.82, 2.24) is 5.32 Å². The maximum Gasteiger partial charge on any atom is 0.336 e. The van der Waals surface area contributed by atoms with Crippen molar-refractivity contribution in [3.63, 3.8) is 0 Å². The third-order valence-corrected chi connectivity index (χ3v) is 8.10. The Morgan fingerprint density at radius 2 is 1.76 bits per heavy atom. The van der Waals surface area contributed by atoms with Crippen LogP contribution >= 0.6 is 11.3 Å². The lowest BCUT2D eigenvalue weighted by molar-refractivity contribution is -0.152. The molecule has 7 nitrogen and oxygen atoms in total. The minimum atomic E-state index is -0.978. The number of hydrogen-bond acceptors (Lipinski definition) is 8. The summed E-state index contributed by atoms with van der Waals surface area (Å²) in [4.78, 5) is 44.0. The van der Waals surface area contributed by atoms with Crippen LogP contribution in [0.25, 0.3) is 0 Å². The first-order valence-corrected chi connectivity index (χ1v) is 14.1. The second kappa shape index (κ2) is 12.0. The maximum absolute atomic E-state index is 14.4. The normalized spacial score (nSPS) is 21.1. The van der Waals surface area contributed by atoms with Gasteiger partial charge in [0.25, 0.3) is 0 Å². The predicted octanol–water partition coefficient (Wildman–Crippen LogP) is 5.31. The van der Waals surface area contributed by atoms with Gasteiger partial charge in [-0.1, -0.05) is 31.5 Å². The van der Waals surface area contributed by atoms with Crippen LogP contribution in [0.15, 0.2) is 64.3 Å². The lowest BCUT2D eigenvalue weighted by Crippen LogP contribution is -2.43. The number of Topliss-reactive ketones (excluding diaryl/α,β-unsaturated/α-hetero) is 1. The number of thiophene rings is 1. The van der Waals surface area contributed by atoms with Gasteiger partial charge < -0.3 is 19.7 Å². The molecule has 0 saturated heterocycles. The number of rotatable bonds is 9. The van der Waals surface area contributed by atoms with E-state index < -0.39 is 23.8 Å². The number of hydrogen-bond donors (Lipinski definition) is 1. The molecule has 0 radical (unpaired) electrons. The number of nitrogens with zero attached hydrogens (tertiary/aromatic N) is 1. The fourth-order valence-electron chi connectivity index (χ4n) is 5.42. The largest absolute Gasteiger partial charge is 0.465 e. The molecule has 1 N–H and O–H groups in total. The van der Waals surface area contributed by atoms with Gasteiger partial charge in [0.1, 0.15) is 5.92 Å². The molecule has 0 amide bonds. The molecular weight excluding hydrogens is 500 g/mol. The summed E-state index contributed by atoms with van der Waals surface area (Å²) in [6.45, 7) is 5.98. The Morgan fingerprint density at radius 1 is 1.05 bits per heavy atom. The zero-order valence-electron chi connectivity index (χ0n) is 22.7. The SMILES string of the molecule is CCCC1=C(C(=O)OCC)[C@H](c2ccc(N(C)C)cc2)C2=C(C[C@H](c3cccs3)[C@@H](C(=O)OCC)C2=O)N1. The molecule has 202 valence electrons. The van der Waals surface area contributed by atoms with E-state index in [9.17, 15) is 14.4 Å². The number of esters is 2. The molecule has 1 aliphatic carbocycles. The third kappa shape index (κ3) is 5.27. The Morgan fingerprint density at radius 3 is 2.34 bits per heavy atom. The monoisotopic (exact) mass is 536 g/mol. The highest BCUT2D eigenvalue weighted by molar-refractivity contribution is 7.10. The smallest absolute Gasteiger partial charge is 0.336 e. The second-order valence-corrected chi connectivity index (χ2v) is 10.7. The number of carbonyl (C=O) groups is 3. The molecule has 2 heterocycles. The number of anilines is 1. The first-order valence-electron chi connectivity index (χ1n) is 13.2. The van der Waals surface area contributed by atoms with Gasteiger partial charge in [0, 0.05) is 53.5 Å². The number of benzene rings is 1. The number of ether oxygens (including phenoxy) is 2. The first kappa shape index (κ1) is 27.6. The van der Waals surface area contributed by atoms with Crippen LogP contribution in [0.4, 0.5) is 5.69 Å². The number of nitrogens with one attached hydrogen (secondary N) is 1. The van der Waals surface area contributed by atoms with E-state index >= 15 is 0 Å². The van der Waals surface area contributed by atoms with Gasteiger partial charge in [-0.2, -0.15) is 0 Å². The zero-order valence-corrected chi connectivity index (χ0v) is 23.5. The van der Waals surface area contributed by atoms with E-state index in [4.69, 9.17) is 9.47 Å². The number of allylic oxidation sites excluding steroid dienone is 3. The van der Waals surface area contributed by atoms with Crippen LogP contribution in [0.1, 0.15) is 62.3 Å². The topological polar surface area (TPSA) is 84.9 Å². The summed E-state index contributed by atoms with van der Waals surface area (Å²) in [6, 6.07) is 11.8. The summed E-state index contributed by atoms with van der Waals surface area (Å²) in [5.74, 6) is -3.22. The van der Waals surface area contributed by atoms with E-state index in [1.54, 1.807) is 13.8 Å². The van der Waals surface area contributed by atoms with E-state index in [0.717, 1.165) is 33.9 Å². The summed E-state index contributed by atoms with van der Waals surface area (Å²) in [5.41, 5.74) is 4.26. The fraction of sp³-hybridized carbons (Fsp3) is 0.433. The van der Waals surface area contributed by atoms with Gasteiger partial charge in [-0.05, 0) is 55.8 Å². The molecule has 2 aromatic rings. The van der Waals surface area contributed by atoms with Crippen LogP contribution in [-0.2, 0) is 23.9 Å². The van der Waals surface area contributed by atoms with Crippen LogP contribution in [0, 0.1) is 5.92 Å². The fourth-order valence-corrected chi connectivity index (χ4v) is 6.28. The van der Waals surface area contributed by atoms with Gasteiger partial charge in [0.15, 0.2) is 5.78 Å². The average Bonchev–Trinajstić information content (AvgIpc) is 3.43. The molecule has 0 spiro atoms. The summed E-state index contributed by atoms with van der Waals surface area (Å²) in [7, 11) is 3.92. The zero-order chi connectivity index (χ0) is 27.4. The molecule has 2 aliphatic rings. The molecule has 4 rings (SSSR count). The highest BCUT2D eigenvalue weighted by atomic mass is 32.1. The molecule has 1 aromatic heterocycles. The summed E-state index contributed by atoms with van der Waals surface area (Å²) >= 11 is 1.53. The number of carbonyl (C=O) groups excluding carboxylic acids is 3. The van der Waals surface area contributed by atoms with E-state index in [1.807, 2.05) is 60.8 Å². The molecule has 0 saturated carbocycles. The van der Waals surface area contributed by atoms with E-state index in [-0.39, 0.29) is 24.9 Å². The van der Waals surface area contributed by atoms with Gasteiger partial charge >= 0.3 is 11.9 Å². The number of dihydropyridines is 1. The van der Waals surface area contributed by atoms with Crippen molar-refractivity contribution in [1.29, 1.82) is 0 Å². The minimum absolute atomic E-state index is 0.188. The van der Waals surface area contributed by atoms with Crippen molar-refractivity contribution >= 4 is 34.7 Å². The van der Waals surface area contributed by atoms with Crippen molar-refractivity contribution in [2.75, 3.05) is 32.2 Å². The van der Waals surface area contributed by atoms with Gasteiger partial charge in [-0.3, -0.25) is 9.59 Å². The third-order valence-electron chi connectivity index (χ3n) is 7.09. The average molecular weight is 537 g/mol. The van der Waals surface area contributed by atoms with Crippen molar-refractivity contribution in [3.05, 3.63) is 74.8 Å². The quantitative estimate of drug-likeness (QED) is 0.343. The standard InChI is InChI=1S/C30H36N2O5S/c1-6-10-21-27(30(35)37-8-3)24(18-12-14-19(15-13-18)32(4)5)26-22(31-21)17-20(23-11-9-16-38-23)25(28(26)33)29(34)36-7-2/h9,11-16,20,24-25,31H,6-8,10,17H2,1-5H3/t20-,24-,25-/m1/s1. The second-order valence-electron chi connectivity index (χ2n) is 9.72. The van der Waals surface area contributed by atoms with Crippen LogP contribution in [0.3, 0.4) is 0 Å². The lowest BCUT2D eigenvalue weighted by atomic mass is 9.68. The molecule has 1 aliphatic heterocycles. The van der Waals surface area contributed by atoms with Gasteiger partial charge in [0.2, 0.25) is 0 Å². The van der Waals surface area contributed by atoms with Crippen molar-refractivity contribution in [3.8, 4) is 0 Å². The maximum atomic E-state index is 14.4.